The highest BCUT2D eigenvalue weighted by atomic mass is 19.4. The summed E-state index contributed by atoms with van der Waals surface area (Å²) >= 11 is 0. The Balaban J connectivity index is 0.000000346. The lowest BCUT2D eigenvalue weighted by atomic mass is 10.1. The van der Waals surface area contributed by atoms with Gasteiger partial charge in [0.1, 0.15) is 23.3 Å². The number of terminal acetylenes is 1. The van der Waals surface area contributed by atoms with Gasteiger partial charge in [-0.25, -0.2) is 14.5 Å². The molecule has 2 rings (SSSR count). The Morgan fingerprint density at radius 1 is 1.30 bits per heavy atom. The Kier molecular flexibility index (Phi) is 7.99. The van der Waals surface area contributed by atoms with E-state index in [1.54, 1.807) is 27.7 Å². The van der Waals surface area contributed by atoms with Gasteiger partial charge in [-0.1, -0.05) is 5.92 Å². The van der Waals surface area contributed by atoms with Crippen molar-refractivity contribution in [3.05, 3.63) is 29.6 Å². The highest BCUT2D eigenvalue weighted by Gasteiger charge is 2.48. The van der Waals surface area contributed by atoms with Gasteiger partial charge in [0.25, 0.3) is 0 Å². The average Bonchev–Trinajstić information content (AvgIpc) is 2.96. The van der Waals surface area contributed by atoms with Crippen LogP contribution in [-0.2, 0) is 25.2 Å². The van der Waals surface area contributed by atoms with Crippen LogP contribution < -0.4 is 0 Å². The molecule has 30 heavy (non-hydrogen) atoms. The van der Waals surface area contributed by atoms with E-state index in [-0.39, 0.29) is 6.42 Å². The monoisotopic (exact) mass is 428 g/mol. The molecular weight excluding hydrogens is 405 g/mol. The van der Waals surface area contributed by atoms with E-state index in [0.29, 0.717) is 5.56 Å². The van der Waals surface area contributed by atoms with E-state index in [2.05, 4.69) is 15.6 Å². The summed E-state index contributed by atoms with van der Waals surface area (Å²) in [7, 11) is 1.18. The van der Waals surface area contributed by atoms with Crippen LogP contribution in [0.2, 0.25) is 0 Å². The molecular formula is C20H23F3N2O5. The molecule has 10 heteroatoms. The zero-order valence-corrected chi connectivity index (χ0v) is 17.2. The van der Waals surface area contributed by atoms with E-state index in [1.807, 2.05) is 0 Å². The van der Waals surface area contributed by atoms with Crippen molar-refractivity contribution >= 4 is 18.0 Å². The van der Waals surface area contributed by atoms with Crippen molar-refractivity contribution in [1.29, 1.82) is 0 Å². The maximum atomic E-state index is 12.0. The van der Waals surface area contributed by atoms with Crippen LogP contribution in [0.4, 0.5) is 18.0 Å². The smallest absolute Gasteiger partial charge is 0.433 e. The van der Waals surface area contributed by atoms with Gasteiger partial charge in [-0.3, -0.25) is 9.78 Å². The summed E-state index contributed by atoms with van der Waals surface area (Å²) in [5, 5.41) is 0. The molecule has 0 bridgehead atoms. The van der Waals surface area contributed by atoms with Gasteiger partial charge in [0.15, 0.2) is 0 Å². The van der Waals surface area contributed by atoms with Crippen molar-refractivity contribution in [2.45, 2.75) is 51.9 Å². The molecule has 2 atom stereocenters. The molecule has 1 aliphatic heterocycles. The lowest BCUT2D eigenvalue weighted by Gasteiger charge is -2.26. The first-order valence-corrected chi connectivity index (χ1v) is 8.81. The Morgan fingerprint density at radius 3 is 2.30 bits per heavy atom. The molecule has 0 aliphatic carbocycles. The van der Waals surface area contributed by atoms with Gasteiger partial charge >= 0.3 is 18.2 Å². The number of amides is 2. The molecule has 1 saturated heterocycles. The van der Waals surface area contributed by atoms with E-state index in [1.165, 1.54) is 13.2 Å². The number of nitrogens with zero attached hydrogens (tertiary/aromatic N) is 2. The number of hydrogen-bond acceptors (Lipinski definition) is 6. The number of hydrogen-bond donors (Lipinski definition) is 0. The summed E-state index contributed by atoms with van der Waals surface area (Å²) < 4.78 is 45.4. The molecule has 1 aliphatic rings. The average molecular weight is 428 g/mol. The molecule has 0 spiro atoms. The summed E-state index contributed by atoms with van der Waals surface area (Å²) in [5.41, 5.74) is -1.04. The third-order valence-electron chi connectivity index (χ3n) is 3.78. The Labute approximate surface area is 172 Å². The molecule has 7 nitrogen and oxygen atoms in total. The Hall–Kier alpha value is -3.09. The number of aryl methyl sites for hydroxylation is 1. The number of esters is 1. The van der Waals surface area contributed by atoms with Gasteiger partial charge in [0, 0.05) is 12.6 Å². The standard InChI is InChI=1S/C13H17NO5.C7H6F3N/c1-6-8-7-9(11(16)18-5)14(10(8)15)12(17)19-13(2,3)4;1-5-2-3-11-6(4-5)7(8,9)10/h1,8-9H,7H2,2-5H3;2-4H,1H3. The number of carbonyl (C=O) groups excluding carboxylic acids is 3. The third kappa shape index (κ3) is 6.76. The van der Waals surface area contributed by atoms with Crippen molar-refractivity contribution in [3.63, 3.8) is 0 Å². The van der Waals surface area contributed by atoms with Crippen LogP contribution >= 0.6 is 0 Å². The normalized spacial score (nSPS) is 18.8. The SMILES string of the molecule is C#CC1CC(C(=O)OC)N(C(=O)OC(C)(C)C)C1=O.Cc1ccnc(C(F)(F)F)c1. The molecule has 2 amide bonds. The van der Waals surface area contributed by atoms with Gasteiger partial charge in [-0.15, -0.1) is 6.42 Å². The summed E-state index contributed by atoms with van der Waals surface area (Å²) in [6.07, 6.45) is 1.21. The predicted molar refractivity (Wildman–Crippen MR) is 99.8 cm³/mol. The second-order valence-electron chi connectivity index (χ2n) is 7.40. The number of likely N-dealkylation sites (tertiary alicyclic amines) is 1. The van der Waals surface area contributed by atoms with Crippen LogP contribution in [0.1, 0.15) is 38.4 Å². The van der Waals surface area contributed by atoms with Crippen LogP contribution in [-0.4, -0.2) is 46.6 Å². The fourth-order valence-corrected chi connectivity index (χ4v) is 2.45. The minimum atomic E-state index is -4.33. The first-order valence-electron chi connectivity index (χ1n) is 8.81. The number of imide groups is 1. The summed E-state index contributed by atoms with van der Waals surface area (Å²) in [6, 6.07) is 1.52. The van der Waals surface area contributed by atoms with Crippen LogP contribution in [0, 0.1) is 25.2 Å². The van der Waals surface area contributed by atoms with Crippen LogP contribution in [0.15, 0.2) is 18.3 Å². The molecule has 0 aromatic carbocycles. The number of methoxy groups -OCH3 is 1. The van der Waals surface area contributed by atoms with Crippen molar-refractivity contribution in [3.8, 4) is 12.3 Å². The molecule has 1 aromatic heterocycles. The van der Waals surface area contributed by atoms with Crippen molar-refractivity contribution < 1.29 is 37.0 Å². The van der Waals surface area contributed by atoms with Crippen LogP contribution in [0.3, 0.4) is 0 Å². The fourth-order valence-electron chi connectivity index (χ4n) is 2.45. The molecule has 1 fully saturated rings. The number of pyridine rings is 1. The second kappa shape index (κ2) is 9.61. The first-order chi connectivity index (χ1) is 13.7. The topological polar surface area (TPSA) is 85.8 Å². The molecule has 0 saturated carbocycles. The number of alkyl halides is 3. The Morgan fingerprint density at radius 2 is 1.90 bits per heavy atom. The van der Waals surface area contributed by atoms with E-state index < -0.39 is 47.4 Å². The zero-order valence-electron chi connectivity index (χ0n) is 17.2. The van der Waals surface area contributed by atoms with E-state index in [4.69, 9.17) is 11.2 Å². The number of carbonyl (C=O) groups is 3. The summed E-state index contributed by atoms with van der Waals surface area (Å²) in [6.45, 7) is 6.59. The number of rotatable bonds is 1. The molecule has 0 N–H and O–H groups in total. The van der Waals surface area contributed by atoms with E-state index in [0.717, 1.165) is 17.2 Å². The highest BCUT2D eigenvalue weighted by molar-refractivity contribution is 6.01. The van der Waals surface area contributed by atoms with Crippen LogP contribution in [0.25, 0.3) is 0 Å². The molecule has 0 radical (unpaired) electrons. The van der Waals surface area contributed by atoms with Crippen molar-refractivity contribution in [2.75, 3.05) is 7.11 Å². The maximum absolute atomic E-state index is 12.0. The van der Waals surface area contributed by atoms with Gasteiger partial charge in [0.05, 0.1) is 7.11 Å². The number of halogens is 3. The van der Waals surface area contributed by atoms with E-state index in [9.17, 15) is 27.6 Å². The van der Waals surface area contributed by atoms with Crippen molar-refractivity contribution in [2.24, 2.45) is 5.92 Å². The highest BCUT2D eigenvalue weighted by Crippen LogP contribution is 2.28. The van der Waals surface area contributed by atoms with Gasteiger partial charge in [-0.05, 0) is 45.4 Å². The second-order valence-corrected chi connectivity index (χ2v) is 7.40. The fraction of sp³-hybridized carbons (Fsp3) is 0.500. The minimum Gasteiger partial charge on any atom is -0.467 e. The largest absolute Gasteiger partial charge is 0.467 e. The zero-order chi connectivity index (χ0) is 23.3. The van der Waals surface area contributed by atoms with E-state index >= 15 is 0 Å². The number of aromatic nitrogens is 1. The van der Waals surface area contributed by atoms with Gasteiger partial charge in [0.2, 0.25) is 5.91 Å². The van der Waals surface area contributed by atoms with Gasteiger partial charge < -0.3 is 9.47 Å². The molecule has 1 aromatic rings. The number of ether oxygens (including phenoxy) is 2. The predicted octanol–water partition coefficient (Wildman–Crippen LogP) is 3.35. The third-order valence-corrected chi connectivity index (χ3v) is 3.78. The Bertz CT molecular complexity index is 840. The molecule has 2 unspecified atom stereocenters. The molecule has 164 valence electrons. The van der Waals surface area contributed by atoms with Gasteiger partial charge in [-0.2, -0.15) is 13.2 Å². The minimum absolute atomic E-state index is 0.0568. The lowest BCUT2D eigenvalue weighted by Crippen LogP contribution is -2.46. The molecule has 2 heterocycles. The summed E-state index contributed by atoms with van der Waals surface area (Å²) in [5.74, 6) is 0.167. The lowest BCUT2D eigenvalue weighted by molar-refractivity contribution is -0.148. The van der Waals surface area contributed by atoms with Crippen LogP contribution in [0.5, 0.6) is 0 Å². The summed E-state index contributed by atoms with van der Waals surface area (Å²) in [4.78, 5) is 39.5. The maximum Gasteiger partial charge on any atom is 0.433 e. The first kappa shape index (κ1) is 24.9. The van der Waals surface area contributed by atoms with Crippen molar-refractivity contribution in [1.82, 2.24) is 9.88 Å². The quantitative estimate of drug-likeness (QED) is 0.504.